The molecule has 16 nitrogen and oxygen atoms in total. The van der Waals surface area contributed by atoms with Gasteiger partial charge in [-0.05, 0) is 69.8 Å². The summed E-state index contributed by atoms with van der Waals surface area (Å²) < 4.78 is 53.9. The molecule has 0 saturated carbocycles. The molecule has 0 fully saturated rings. The van der Waals surface area contributed by atoms with Gasteiger partial charge in [-0.25, -0.2) is 28.8 Å². The zero-order chi connectivity index (χ0) is 49.8. The molecule has 0 aliphatic heterocycles. The van der Waals surface area contributed by atoms with E-state index in [4.69, 9.17) is 37.9 Å². The van der Waals surface area contributed by atoms with Crippen LogP contribution in [0.5, 0.6) is 23.0 Å². The molecule has 70 heavy (non-hydrogen) atoms. The van der Waals surface area contributed by atoms with E-state index in [9.17, 15) is 28.8 Å². The fraction of sp³-hybridized carbons (Fsp3) is 0.148. The highest BCUT2D eigenvalue weighted by Crippen LogP contribution is 2.33. The molecule has 0 aliphatic carbocycles. The summed E-state index contributed by atoms with van der Waals surface area (Å²) >= 11 is 0. The van der Waals surface area contributed by atoms with Crippen molar-refractivity contribution in [3.8, 4) is 23.0 Å². The lowest BCUT2D eigenvalue weighted by Crippen LogP contribution is -2.47. The molecule has 0 saturated heterocycles. The van der Waals surface area contributed by atoms with Gasteiger partial charge in [0.15, 0.2) is 35.2 Å². The van der Waals surface area contributed by atoms with Crippen LogP contribution < -0.4 is 18.9 Å². The van der Waals surface area contributed by atoms with Gasteiger partial charge >= 0.3 is 36.2 Å². The van der Waals surface area contributed by atoms with E-state index in [-0.39, 0.29) is 23.0 Å². The van der Waals surface area contributed by atoms with E-state index in [2.05, 4.69) is 9.47 Å². The van der Waals surface area contributed by atoms with Crippen molar-refractivity contribution in [2.45, 2.75) is 24.4 Å². The monoisotopic (exact) mass is 950 g/mol. The van der Waals surface area contributed by atoms with Gasteiger partial charge in [0.25, 0.3) is 0 Å². The molecule has 0 heterocycles. The molecule has 16 heteroatoms. The fourth-order valence-electron chi connectivity index (χ4n) is 6.67. The largest absolute Gasteiger partial charge is 0.513 e. The Labute approximate surface area is 402 Å². The van der Waals surface area contributed by atoms with Crippen LogP contribution >= 0.6 is 0 Å². The first kappa shape index (κ1) is 50.2. The maximum Gasteiger partial charge on any atom is 0.513 e. The lowest BCUT2D eigenvalue weighted by atomic mass is 10.0. The van der Waals surface area contributed by atoms with E-state index in [1.807, 2.05) is 0 Å². The molecule has 2 atom stereocenters. The topological polar surface area (TPSA) is 195 Å². The zero-order valence-corrected chi connectivity index (χ0v) is 38.2. The number of hydrogen-bond donors (Lipinski definition) is 0. The zero-order valence-electron chi connectivity index (χ0n) is 38.2. The van der Waals surface area contributed by atoms with Crippen molar-refractivity contribution in [3.63, 3.8) is 0 Å². The highest BCUT2D eigenvalue weighted by molar-refractivity contribution is 5.95. The first-order valence-electron chi connectivity index (χ1n) is 21.3. The summed E-state index contributed by atoms with van der Waals surface area (Å²) in [5, 5.41) is 0. The van der Waals surface area contributed by atoms with Crippen LogP contribution in [-0.4, -0.2) is 76.8 Å². The van der Waals surface area contributed by atoms with Crippen molar-refractivity contribution in [1.82, 2.24) is 0 Å². The molecule has 6 aromatic rings. The minimum atomic E-state index is -2.30. The van der Waals surface area contributed by atoms with Crippen molar-refractivity contribution in [3.05, 3.63) is 203 Å². The average molecular weight is 951 g/mol. The third kappa shape index (κ3) is 13.9. The Kier molecular flexibility index (Phi) is 18.0. The first-order chi connectivity index (χ1) is 34.0. The van der Waals surface area contributed by atoms with Gasteiger partial charge in [-0.3, -0.25) is 0 Å². The van der Waals surface area contributed by atoms with E-state index in [0.29, 0.717) is 33.4 Å². The van der Waals surface area contributed by atoms with Gasteiger partial charge in [-0.15, -0.1) is 0 Å². The number of benzene rings is 6. The van der Waals surface area contributed by atoms with Crippen LogP contribution in [0.15, 0.2) is 170 Å². The molecular weight excluding hydrogens is 905 g/mol. The molecule has 0 aliphatic rings. The molecule has 6 rings (SSSR count). The number of esters is 4. The minimum absolute atomic E-state index is 0.0218. The number of carbonyl (C=O) groups excluding carboxylic acids is 6. The predicted molar refractivity (Wildman–Crippen MR) is 252 cm³/mol. The van der Waals surface area contributed by atoms with Gasteiger partial charge in [0.1, 0.15) is 0 Å². The van der Waals surface area contributed by atoms with Gasteiger partial charge in [0.2, 0.25) is 12.2 Å². The molecule has 0 bridgehead atoms. The molecule has 358 valence electrons. The predicted octanol–water partition coefficient (Wildman–Crippen LogP) is 9.21. The van der Waals surface area contributed by atoms with E-state index in [0.717, 1.165) is 26.4 Å². The Balaban J connectivity index is 1.41. The van der Waals surface area contributed by atoms with Gasteiger partial charge in [0, 0.05) is 12.2 Å². The lowest BCUT2D eigenvalue weighted by Gasteiger charge is -2.28. The number of rotatable bonds is 19. The summed E-state index contributed by atoms with van der Waals surface area (Å²) in [7, 11) is 4.95. The maximum atomic E-state index is 14.8. The van der Waals surface area contributed by atoms with Crippen LogP contribution in [0.25, 0.3) is 12.2 Å². The van der Waals surface area contributed by atoms with Gasteiger partial charge < -0.3 is 47.4 Å². The molecule has 0 amide bonds. The maximum absolute atomic E-state index is 14.8. The van der Waals surface area contributed by atoms with Gasteiger partial charge in [0.05, 0.1) is 28.4 Å². The van der Waals surface area contributed by atoms with Crippen molar-refractivity contribution in [1.29, 1.82) is 0 Å². The first-order valence-corrected chi connectivity index (χ1v) is 21.3. The Morgan fingerprint density at radius 2 is 0.700 bits per heavy atom. The molecule has 0 N–H and O–H groups in total. The molecule has 0 spiro atoms. The Bertz CT molecular complexity index is 2520. The van der Waals surface area contributed by atoms with Crippen LogP contribution in [0, 0.1) is 0 Å². The Morgan fingerprint density at radius 3 is 0.986 bits per heavy atom. The van der Waals surface area contributed by atoms with Crippen molar-refractivity contribution in [2.24, 2.45) is 0 Å². The van der Waals surface area contributed by atoms with Crippen molar-refractivity contribution in [2.75, 3.05) is 28.4 Å². The summed E-state index contributed by atoms with van der Waals surface area (Å²) in [6, 6.07) is 43.4. The highest BCUT2D eigenvalue weighted by Gasteiger charge is 2.44. The van der Waals surface area contributed by atoms with Crippen LogP contribution in [0.3, 0.4) is 0 Å². The third-order valence-corrected chi connectivity index (χ3v) is 10.0. The number of methoxy groups -OCH3 is 4. The third-order valence-electron chi connectivity index (χ3n) is 10.0. The number of hydrogen-bond acceptors (Lipinski definition) is 16. The molecule has 0 unspecified atom stereocenters. The second kappa shape index (κ2) is 25.1. The Morgan fingerprint density at radius 1 is 0.386 bits per heavy atom. The van der Waals surface area contributed by atoms with Gasteiger partial charge in [-0.2, -0.15) is 0 Å². The number of ether oxygens (including phenoxy) is 10. The van der Waals surface area contributed by atoms with Crippen LogP contribution in [0.2, 0.25) is 0 Å². The quantitative estimate of drug-likeness (QED) is 0.0322. The summed E-state index contributed by atoms with van der Waals surface area (Å²) in [6.45, 7) is 0. The van der Waals surface area contributed by atoms with Crippen molar-refractivity contribution < 1.29 is 76.1 Å². The normalized spacial score (nSPS) is 11.8. The summed E-state index contributed by atoms with van der Waals surface area (Å²) in [4.78, 5) is 81.0. The van der Waals surface area contributed by atoms with E-state index >= 15 is 0 Å². The van der Waals surface area contributed by atoms with E-state index in [1.165, 1.54) is 62.8 Å². The van der Waals surface area contributed by atoms with Crippen LogP contribution in [0.1, 0.15) is 45.6 Å². The van der Waals surface area contributed by atoms with Crippen LogP contribution in [0.4, 0.5) is 9.59 Å². The summed E-state index contributed by atoms with van der Waals surface area (Å²) in [6.07, 6.45) is -4.32. The molecule has 0 aromatic heterocycles. The smallest absolute Gasteiger partial charge is 0.493 e. The molecular formula is C54H46O16. The molecule has 6 aromatic carbocycles. The lowest BCUT2D eigenvalue weighted by molar-refractivity contribution is -0.191. The summed E-state index contributed by atoms with van der Waals surface area (Å²) in [5.41, 5.74) is 2.78. The molecule has 0 radical (unpaired) electrons. The van der Waals surface area contributed by atoms with E-state index in [1.54, 1.807) is 121 Å². The number of carbonyl (C=O) groups is 6. The minimum Gasteiger partial charge on any atom is -0.493 e. The van der Waals surface area contributed by atoms with E-state index < -0.39 is 60.6 Å². The van der Waals surface area contributed by atoms with Gasteiger partial charge in [-0.1, -0.05) is 133 Å². The second-order valence-corrected chi connectivity index (χ2v) is 14.6. The van der Waals surface area contributed by atoms with Crippen molar-refractivity contribution >= 4 is 48.3 Å². The summed E-state index contributed by atoms with van der Waals surface area (Å²) in [5.74, 6) is -4.68. The Hall–Kier alpha value is -9.18. The second-order valence-electron chi connectivity index (χ2n) is 14.6. The van der Waals surface area contributed by atoms with Crippen LogP contribution in [-0.2, 0) is 47.6 Å². The highest BCUT2D eigenvalue weighted by atomic mass is 16.7. The fourth-order valence-corrected chi connectivity index (χ4v) is 6.67. The average Bonchev–Trinajstić information content (AvgIpc) is 3.40. The SMILES string of the molecule is COC(=O)Oc1ccc(/C=C/C(=O)O[C@H](C(=O)OC(c2ccccc2)c2ccccc2)[C@@H](OC(=O)/C=C/c2ccc(OC(=O)OC)c(OC)c2)C(=O)OC(c2ccccc2)c2ccccc2)cc1OC. The standard InChI is InChI=1S/C54H46O16/c1-61-43-33-35(25-29-41(43)65-53(59)63-3)27-31-45(55)67-49(51(57)69-47(37-17-9-5-10-18-37)38-19-11-6-12-20-38)50(52(58)70-48(39-21-13-7-14-22-39)40-23-15-8-16-24-40)68-46(56)32-28-36-26-30-42(44(34-36)62-2)66-54(60)64-4/h5-34,47-50H,1-4H3/b31-27+,32-28+/t49-,50+.